The Kier molecular flexibility index (Phi) is 23.1. The lowest BCUT2D eigenvalue weighted by molar-refractivity contribution is -0.00557. The van der Waals surface area contributed by atoms with Crippen molar-refractivity contribution in [3.8, 4) is 0 Å². The molecule has 0 aliphatic heterocycles. The highest BCUT2D eigenvalue weighted by atomic mass is 16.6. The van der Waals surface area contributed by atoms with Crippen molar-refractivity contribution >= 4 is 40.8 Å². The minimum absolute atomic E-state index is 0.0325. The maximum Gasteiger partial charge on any atom is 0.340 e. The molecule has 0 bridgehead atoms. The molecule has 0 saturated heterocycles. The van der Waals surface area contributed by atoms with Crippen molar-refractivity contribution in [2.75, 3.05) is 136 Å². The molecule has 18 heteroatoms. The van der Waals surface area contributed by atoms with Crippen molar-refractivity contribution in [3.63, 3.8) is 0 Å². The number of nitrogens with one attached hydrogen (secondary N) is 2. The van der Waals surface area contributed by atoms with Crippen molar-refractivity contribution in [2.24, 2.45) is 0 Å². The molecule has 57 heavy (non-hydrogen) atoms. The first-order valence-corrected chi connectivity index (χ1v) is 18.2. The molecule has 312 valence electrons. The molecule has 1 heterocycles. The number of ether oxygens (including phenoxy) is 10. The standard InChI is InChI=1S/C39H52N4O14/c1-48-11-13-50-15-17-52-19-21-54-23-25-56-38(46)30-7-3-5-9-32(30)42-36(44)34-27-29(40)28-35(41-34)37(45)43-33-10-6-4-8-31(33)39(47)57-26-24-55-22-20-53-18-16-51-14-12-49-2/h3-10,27-28H,11-26H2,1-2H3,(H2,40,41)(H,42,44)(H,43,45). The minimum atomic E-state index is -0.742. The topological polar surface area (TPSA) is 224 Å². The van der Waals surface area contributed by atoms with Crippen molar-refractivity contribution in [1.82, 2.24) is 4.98 Å². The van der Waals surface area contributed by atoms with E-state index in [0.717, 1.165) is 0 Å². The van der Waals surface area contributed by atoms with Crippen LogP contribution in [0.3, 0.4) is 0 Å². The lowest BCUT2D eigenvalue weighted by atomic mass is 10.1. The van der Waals surface area contributed by atoms with Crippen LogP contribution < -0.4 is 16.4 Å². The van der Waals surface area contributed by atoms with E-state index in [1.165, 1.54) is 36.4 Å². The Morgan fingerprint density at radius 3 is 1.16 bits per heavy atom. The highest BCUT2D eigenvalue weighted by molar-refractivity contribution is 6.10. The van der Waals surface area contributed by atoms with Gasteiger partial charge in [0.1, 0.15) is 24.6 Å². The summed E-state index contributed by atoms with van der Waals surface area (Å²) < 4.78 is 52.7. The highest BCUT2D eigenvalue weighted by Gasteiger charge is 2.20. The summed E-state index contributed by atoms with van der Waals surface area (Å²) in [5, 5.41) is 5.26. The van der Waals surface area contributed by atoms with E-state index >= 15 is 0 Å². The number of benzene rings is 2. The number of nitrogens with zero attached hydrogens (tertiary/aromatic N) is 1. The summed E-state index contributed by atoms with van der Waals surface area (Å²) in [6.45, 7) is 5.26. The van der Waals surface area contributed by atoms with Gasteiger partial charge in [0, 0.05) is 19.9 Å². The fourth-order valence-corrected chi connectivity index (χ4v) is 4.61. The third kappa shape index (κ3) is 18.6. The van der Waals surface area contributed by atoms with Gasteiger partial charge in [0.15, 0.2) is 0 Å². The molecular formula is C39H52N4O14. The molecule has 3 rings (SSSR count). The Bertz CT molecular complexity index is 1550. The Hall–Kier alpha value is -5.05. The van der Waals surface area contributed by atoms with E-state index in [1.807, 2.05) is 0 Å². The largest absolute Gasteiger partial charge is 0.460 e. The molecule has 0 atom stereocenters. The third-order valence-electron chi connectivity index (χ3n) is 7.38. The van der Waals surface area contributed by atoms with Crippen LogP contribution in [0.5, 0.6) is 0 Å². The molecule has 0 fully saturated rings. The van der Waals surface area contributed by atoms with E-state index in [1.54, 1.807) is 38.5 Å². The fraction of sp³-hybridized carbons (Fsp3) is 0.462. The van der Waals surface area contributed by atoms with Gasteiger partial charge in [0.25, 0.3) is 11.8 Å². The normalized spacial score (nSPS) is 10.9. The zero-order chi connectivity index (χ0) is 40.9. The van der Waals surface area contributed by atoms with E-state index in [2.05, 4.69) is 15.6 Å². The number of rotatable bonds is 30. The van der Waals surface area contributed by atoms with Crippen molar-refractivity contribution < 1.29 is 66.5 Å². The monoisotopic (exact) mass is 800 g/mol. The van der Waals surface area contributed by atoms with Crippen molar-refractivity contribution in [3.05, 3.63) is 83.2 Å². The van der Waals surface area contributed by atoms with Crippen LogP contribution in [0.1, 0.15) is 41.7 Å². The summed E-state index contributed by atoms with van der Waals surface area (Å²) in [5.74, 6) is -2.86. The van der Waals surface area contributed by atoms with Crippen LogP contribution in [0.4, 0.5) is 17.1 Å². The molecular weight excluding hydrogens is 748 g/mol. The van der Waals surface area contributed by atoms with E-state index in [-0.39, 0.29) is 66.0 Å². The Balaban J connectivity index is 1.46. The molecule has 0 spiro atoms. The minimum Gasteiger partial charge on any atom is -0.460 e. The first-order chi connectivity index (χ1) is 27.8. The summed E-state index contributed by atoms with van der Waals surface area (Å²) in [6, 6.07) is 15.0. The number of anilines is 3. The predicted octanol–water partition coefficient (Wildman–Crippen LogP) is 2.87. The number of para-hydroxylation sites is 2. The SMILES string of the molecule is COCCOCCOCCOCCOC(=O)c1ccccc1NC(=O)c1cc(N)cc(C(=O)Nc2ccccc2C(=O)OCCOCCOCCOCCOC)n1. The van der Waals surface area contributed by atoms with Crippen LogP contribution in [0.15, 0.2) is 60.7 Å². The van der Waals surface area contributed by atoms with Crippen LogP contribution in [0, 0.1) is 0 Å². The number of aromatic nitrogens is 1. The Labute approximate surface area is 331 Å². The zero-order valence-electron chi connectivity index (χ0n) is 32.3. The number of methoxy groups -OCH3 is 2. The highest BCUT2D eigenvalue weighted by Crippen LogP contribution is 2.20. The van der Waals surface area contributed by atoms with E-state index in [9.17, 15) is 19.2 Å². The van der Waals surface area contributed by atoms with Crippen LogP contribution in [-0.4, -0.2) is 149 Å². The molecule has 0 aliphatic carbocycles. The number of esters is 2. The third-order valence-corrected chi connectivity index (χ3v) is 7.38. The van der Waals surface area contributed by atoms with Gasteiger partial charge in [-0.05, 0) is 36.4 Å². The summed E-state index contributed by atoms with van der Waals surface area (Å²) in [7, 11) is 3.20. The average Bonchev–Trinajstić information content (AvgIpc) is 3.21. The molecule has 4 N–H and O–H groups in total. The lowest BCUT2D eigenvalue weighted by Gasteiger charge is -2.13. The number of carbonyl (C=O) groups excluding carboxylic acids is 4. The van der Waals surface area contributed by atoms with Crippen LogP contribution in [0.25, 0.3) is 0 Å². The number of carbonyl (C=O) groups is 4. The molecule has 0 saturated carbocycles. The molecule has 1 aromatic heterocycles. The molecule has 18 nitrogen and oxygen atoms in total. The summed E-state index contributed by atoms with van der Waals surface area (Å²) in [6.07, 6.45) is 0. The molecule has 0 aliphatic rings. The van der Waals surface area contributed by atoms with Crippen LogP contribution >= 0.6 is 0 Å². The molecule has 0 unspecified atom stereocenters. The van der Waals surface area contributed by atoms with Crippen LogP contribution in [0.2, 0.25) is 0 Å². The number of amides is 2. The van der Waals surface area contributed by atoms with Crippen molar-refractivity contribution in [1.29, 1.82) is 0 Å². The van der Waals surface area contributed by atoms with Gasteiger partial charge in [-0.15, -0.1) is 0 Å². The molecule has 2 aromatic carbocycles. The second kappa shape index (κ2) is 28.4. The van der Waals surface area contributed by atoms with Gasteiger partial charge in [-0.2, -0.15) is 0 Å². The molecule has 3 aromatic rings. The summed E-state index contributed by atoms with van der Waals surface area (Å²) in [5.41, 5.74) is 6.19. The van der Waals surface area contributed by atoms with Gasteiger partial charge in [-0.3, -0.25) is 9.59 Å². The number of hydrogen-bond donors (Lipinski definition) is 3. The first-order valence-electron chi connectivity index (χ1n) is 18.2. The summed E-state index contributed by atoms with van der Waals surface area (Å²) in [4.78, 5) is 56.5. The number of hydrogen-bond acceptors (Lipinski definition) is 16. The van der Waals surface area contributed by atoms with Gasteiger partial charge in [-0.25, -0.2) is 14.6 Å². The maximum atomic E-state index is 13.3. The van der Waals surface area contributed by atoms with Gasteiger partial charge in [0.05, 0.1) is 115 Å². The lowest BCUT2D eigenvalue weighted by Crippen LogP contribution is -2.21. The Morgan fingerprint density at radius 1 is 0.491 bits per heavy atom. The van der Waals surface area contributed by atoms with Gasteiger partial charge >= 0.3 is 11.9 Å². The Morgan fingerprint density at radius 2 is 0.807 bits per heavy atom. The second-order valence-corrected chi connectivity index (χ2v) is 11.6. The second-order valence-electron chi connectivity index (χ2n) is 11.6. The van der Waals surface area contributed by atoms with Crippen molar-refractivity contribution in [2.45, 2.75) is 0 Å². The van der Waals surface area contributed by atoms with Gasteiger partial charge in [-0.1, -0.05) is 24.3 Å². The number of pyridine rings is 1. The average molecular weight is 801 g/mol. The van der Waals surface area contributed by atoms with E-state index < -0.39 is 23.8 Å². The van der Waals surface area contributed by atoms with E-state index in [0.29, 0.717) is 79.3 Å². The molecule has 2 amide bonds. The first kappa shape index (κ1) is 46.3. The van der Waals surface area contributed by atoms with Gasteiger partial charge < -0.3 is 63.7 Å². The fourth-order valence-electron chi connectivity index (χ4n) is 4.61. The molecule has 0 radical (unpaired) electrons. The summed E-state index contributed by atoms with van der Waals surface area (Å²) >= 11 is 0. The predicted molar refractivity (Wildman–Crippen MR) is 207 cm³/mol. The zero-order valence-corrected chi connectivity index (χ0v) is 32.3. The van der Waals surface area contributed by atoms with E-state index in [4.69, 9.17) is 53.1 Å². The van der Waals surface area contributed by atoms with Crippen LogP contribution in [-0.2, 0) is 47.4 Å². The maximum absolute atomic E-state index is 13.3. The number of nitrogens with two attached hydrogens (primary N) is 1. The van der Waals surface area contributed by atoms with Gasteiger partial charge in [0.2, 0.25) is 0 Å². The number of nitrogen functional groups attached to an aromatic ring is 1. The quantitative estimate of drug-likeness (QED) is 0.0651. The smallest absolute Gasteiger partial charge is 0.340 e.